The van der Waals surface area contributed by atoms with E-state index >= 15 is 0 Å². The Kier molecular flexibility index (Phi) is 7.02. The van der Waals surface area contributed by atoms with Crippen LogP contribution in [0, 0.1) is 0 Å². The van der Waals surface area contributed by atoms with E-state index in [0.717, 1.165) is 16.9 Å². The van der Waals surface area contributed by atoms with Crippen LogP contribution in [0.2, 0.25) is 0 Å². The molecule has 25 heavy (non-hydrogen) atoms. The molecule has 0 saturated heterocycles. The first-order valence-corrected chi connectivity index (χ1v) is 11.7. The van der Waals surface area contributed by atoms with Gasteiger partial charge in [-0.25, -0.2) is 0 Å². The molecule has 0 spiro atoms. The van der Waals surface area contributed by atoms with Crippen LogP contribution in [0.1, 0.15) is 61.5 Å². The van der Waals surface area contributed by atoms with Gasteiger partial charge in [0.1, 0.15) is 0 Å². The second kappa shape index (κ2) is 9.46. The van der Waals surface area contributed by atoms with Crippen molar-refractivity contribution in [3.63, 3.8) is 0 Å². The highest BCUT2D eigenvalue weighted by Gasteiger charge is 2.21. The summed E-state index contributed by atoms with van der Waals surface area (Å²) >= 11 is 5.08. The molecule has 0 bridgehead atoms. The van der Waals surface area contributed by atoms with Gasteiger partial charge in [0.2, 0.25) is 0 Å². The zero-order valence-corrected chi connectivity index (χ0v) is 17.1. The second-order valence-electron chi connectivity index (χ2n) is 6.25. The predicted octanol–water partition coefficient (Wildman–Crippen LogP) is 8.14. The molecule has 0 amide bonds. The molecule has 0 radical (unpaired) electrons. The standard InChI is InChI=1S/C21H24OS3/c1-2-3-4-5-6-7-10-17(22)21-20(19-12-9-14-24-19)16(15-25-21)18-11-8-13-23-18/h8-9,11-15H,2-7,10H2,1H3. The van der Waals surface area contributed by atoms with Gasteiger partial charge in [0.05, 0.1) is 4.88 Å². The number of hydrogen-bond acceptors (Lipinski definition) is 4. The van der Waals surface area contributed by atoms with Crippen LogP contribution in [-0.4, -0.2) is 5.78 Å². The van der Waals surface area contributed by atoms with Crippen LogP contribution in [0.15, 0.2) is 40.4 Å². The maximum atomic E-state index is 12.9. The molecule has 4 heteroatoms. The van der Waals surface area contributed by atoms with Gasteiger partial charge in [-0.2, -0.15) is 0 Å². The van der Waals surface area contributed by atoms with Gasteiger partial charge < -0.3 is 0 Å². The Morgan fingerprint density at radius 1 is 0.880 bits per heavy atom. The molecule has 0 N–H and O–H groups in total. The van der Waals surface area contributed by atoms with Crippen LogP contribution in [0.5, 0.6) is 0 Å². The van der Waals surface area contributed by atoms with E-state index in [1.54, 1.807) is 34.0 Å². The van der Waals surface area contributed by atoms with E-state index in [0.29, 0.717) is 12.2 Å². The third kappa shape index (κ3) is 4.69. The Balaban J connectivity index is 1.74. The van der Waals surface area contributed by atoms with Crippen molar-refractivity contribution in [1.29, 1.82) is 0 Å². The number of thiophene rings is 3. The number of hydrogen-bond donors (Lipinski definition) is 0. The summed E-state index contributed by atoms with van der Waals surface area (Å²) in [6.45, 7) is 2.23. The molecular weight excluding hydrogens is 364 g/mol. The molecule has 3 aromatic rings. The first kappa shape index (κ1) is 18.6. The summed E-state index contributed by atoms with van der Waals surface area (Å²) in [7, 11) is 0. The number of rotatable bonds is 10. The maximum Gasteiger partial charge on any atom is 0.173 e. The summed E-state index contributed by atoms with van der Waals surface area (Å²) in [5, 5.41) is 6.35. The maximum absolute atomic E-state index is 12.9. The SMILES string of the molecule is CCCCCCCCC(=O)c1scc(-c2cccs2)c1-c1cccs1. The summed E-state index contributed by atoms with van der Waals surface area (Å²) in [5.74, 6) is 0.312. The van der Waals surface area contributed by atoms with Crippen LogP contribution < -0.4 is 0 Å². The fourth-order valence-corrected chi connectivity index (χ4v) is 5.75. The topological polar surface area (TPSA) is 17.1 Å². The van der Waals surface area contributed by atoms with Crippen molar-refractivity contribution in [2.45, 2.75) is 51.9 Å². The Labute approximate surface area is 162 Å². The lowest BCUT2D eigenvalue weighted by Gasteiger charge is -2.05. The minimum absolute atomic E-state index is 0.312. The minimum Gasteiger partial charge on any atom is -0.293 e. The number of ketones is 1. The van der Waals surface area contributed by atoms with Crippen molar-refractivity contribution in [3.8, 4) is 20.9 Å². The molecule has 1 nitrogen and oxygen atoms in total. The second-order valence-corrected chi connectivity index (χ2v) is 9.02. The van der Waals surface area contributed by atoms with Crippen LogP contribution >= 0.6 is 34.0 Å². The van der Waals surface area contributed by atoms with Crippen LogP contribution in [0.25, 0.3) is 20.9 Å². The van der Waals surface area contributed by atoms with Gasteiger partial charge in [-0.05, 0) is 29.3 Å². The van der Waals surface area contributed by atoms with Gasteiger partial charge in [-0.1, -0.05) is 51.2 Å². The quantitative estimate of drug-likeness (QED) is 0.253. The highest BCUT2D eigenvalue weighted by Crippen LogP contribution is 2.43. The number of unbranched alkanes of at least 4 members (excludes halogenated alkanes) is 5. The van der Waals surface area contributed by atoms with Crippen LogP contribution in [0.4, 0.5) is 0 Å². The molecule has 0 aliphatic rings. The van der Waals surface area contributed by atoms with E-state index < -0.39 is 0 Å². The summed E-state index contributed by atoms with van der Waals surface area (Å²) in [6.07, 6.45) is 7.99. The van der Waals surface area contributed by atoms with Gasteiger partial charge in [0, 0.05) is 32.7 Å². The Hall–Kier alpha value is -1.23. The van der Waals surface area contributed by atoms with Gasteiger partial charge in [-0.15, -0.1) is 34.0 Å². The minimum atomic E-state index is 0.312. The lowest BCUT2D eigenvalue weighted by Crippen LogP contribution is -1.98. The van der Waals surface area contributed by atoms with Gasteiger partial charge >= 0.3 is 0 Å². The van der Waals surface area contributed by atoms with E-state index in [2.05, 4.69) is 47.3 Å². The van der Waals surface area contributed by atoms with Crippen molar-refractivity contribution in [1.82, 2.24) is 0 Å². The molecule has 0 aromatic carbocycles. The molecule has 0 saturated carbocycles. The fourth-order valence-electron chi connectivity index (χ4n) is 3.02. The molecule has 0 aliphatic heterocycles. The highest BCUT2D eigenvalue weighted by atomic mass is 32.1. The lowest BCUT2D eigenvalue weighted by atomic mass is 10.0. The Morgan fingerprint density at radius 2 is 1.56 bits per heavy atom. The largest absolute Gasteiger partial charge is 0.293 e. The first-order chi connectivity index (χ1) is 12.3. The van der Waals surface area contributed by atoms with Crippen LogP contribution in [0.3, 0.4) is 0 Å². The molecule has 3 aromatic heterocycles. The van der Waals surface area contributed by atoms with Crippen molar-refractivity contribution in [2.24, 2.45) is 0 Å². The molecule has 0 unspecified atom stereocenters. The lowest BCUT2D eigenvalue weighted by molar-refractivity contribution is 0.0983. The van der Waals surface area contributed by atoms with Crippen molar-refractivity contribution >= 4 is 39.8 Å². The van der Waals surface area contributed by atoms with E-state index in [1.807, 2.05) is 0 Å². The normalized spacial score (nSPS) is 11.1. The number of Topliss-reactive ketones (excluding diaryl/α,β-unsaturated/α-hetero) is 1. The predicted molar refractivity (Wildman–Crippen MR) is 113 cm³/mol. The summed E-state index contributed by atoms with van der Waals surface area (Å²) in [4.78, 5) is 16.2. The van der Waals surface area contributed by atoms with E-state index in [-0.39, 0.29) is 0 Å². The molecule has 0 fully saturated rings. The van der Waals surface area contributed by atoms with E-state index in [1.165, 1.54) is 47.4 Å². The number of carbonyl (C=O) groups excluding carboxylic acids is 1. The highest BCUT2D eigenvalue weighted by molar-refractivity contribution is 7.17. The Morgan fingerprint density at radius 3 is 2.24 bits per heavy atom. The molecular formula is C21H24OS3. The zero-order chi connectivity index (χ0) is 17.5. The van der Waals surface area contributed by atoms with Crippen molar-refractivity contribution in [3.05, 3.63) is 45.3 Å². The van der Waals surface area contributed by atoms with Crippen LogP contribution in [-0.2, 0) is 0 Å². The van der Waals surface area contributed by atoms with Crippen molar-refractivity contribution in [2.75, 3.05) is 0 Å². The molecule has 0 aliphatic carbocycles. The van der Waals surface area contributed by atoms with E-state index in [4.69, 9.17) is 0 Å². The summed E-state index contributed by atoms with van der Waals surface area (Å²) in [5.41, 5.74) is 2.37. The van der Waals surface area contributed by atoms with Gasteiger partial charge in [0.25, 0.3) is 0 Å². The third-order valence-corrected chi connectivity index (χ3v) is 7.17. The zero-order valence-electron chi connectivity index (χ0n) is 14.6. The summed E-state index contributed by atoms with van der Waals surface area (Å²) in [6, 6.07) is 8.42. The summed E-state index contributed by atoms with van der Waals surface area (Å²) < 4.78 is 0. The molecule has 0 atom stereocenters. The molecule has 3 heterocycles. The average Bonchev–Trinajstić information content (AvgIpc) is 3.37. The smallest absolute Gasteiger partial charge is 0.173 e. The van der Waals surface area contributed by atoms with Crippen molar-refractivity contribution < 1.29 is 4.79 Å². The first-order valence-electron chi connectivity index (χ1n) is 9.03. The molecule has 3 rings (SSSR count). The molecule has 132 valence electrons. The van der Waals surface area contributed by atoms with Gasteiger partial charge in [-0.3, -0.25) is 4.79 Å². The van der Waals surface area contributed by atoms with E-state index in [9.17, 15) is 4.79 Å². The monoisotopic (exact) mass is 388 g/mol. The average molecular weight is 389 g/mol. The van der Waals surface area contributed by atoms with Gasteiger partial charge in [0.15, 0.2) is 5.78 Å². The number of carbonyl (C=O) groups is 1. The third-order valence-electron chi connectivity index (χ3n) is 4.36. The Bertz CT molecular complexity index is 766. The fraction of sp³-hybridized carbons (Fsp3) is 0.381.